The molecule has 3 aliphatic rings. The number of piperazine rings is 1. The second-order valence-corrected chi connectivity index (χ2v) is 12.0. The number of nitrogens with zero attached hydrogens (tertiary/aromatic N) is 5. The average Bonchev–Trinajstić information content (AvgIpc) is 3.34. The Morgan fingerprint density at radius 1 is 1.05 bits per heavy atom. The highest BCUT2D eigenvalue weighted by Gasteiger charge is 2.45. The molecule has 1 N–H and O–H groups in total. The minimum absolute atomic E-state index is 0.00502. The number of hydrogen-bond donors (Lipinski definition) is 1. The number of benzene rings is 1. The molecule has 0 saturated carbocycles. The minimum atomic E-state index is -4.44. The summed E-state index contributed by atoms with van der Waals surface area (Å²) in [6.07, 6.45) is -3.36. The van der Waals surface area contributed by atoms with E-state index >= 15 is 0 Å². The fourth-order valence-electron chi connectivity index (χ4n) is 5.11. The number of aliphatic imine (C=N–C) groups is 1. The zero-order chi connectivity index (χ0) is 27.7. The molecule has 1 aromatic rings. The topological polar surface area (TPSA) is 106 Å². The van der Waals surface area contributed by atoms with Gasteiger partial charge in [0.25, 0.3) is 10.2 Å². The first-order valence-electron chi connectivity index (χ1n) is 12.5. The largest absolute Gasteiger partial charge is 0.416 e. The molecule has 2 atom stereocenters. The van der Waals surface area contributed by atoms with Gasteiger partial charge in [-0.05, 0) is 44.3 Å². The molecular formula is C24H33F3N6O4S. The van der Waals surface area contributed by atoms with Crippen LogP contribution in [0.1, 0.15) is 24.0 Å². The van der Waals surface area contributed by atoms with E-state index in [0.717, 1.165) is 12.1 Å². The number of hydrogen-bond acceptors (Lipinski definition) is 6. The Balaban J connectivity index is 1.36. The van der Waals surface area contributed by atoms with E-state index in [0.29, 0.717) is 51.1 Å². The van der Waals surface area contributed by atoms with Crippen LogP contribution >= 0.6 is 0 Å². The van der Waals surface area contributed by atoms with Crippen LogP contribution in [0, 0.1) is 5.92 Å². The second kappa shape index (κ2) is 11.3. The summed E-state index contributed by atoms with van der Waals surface area (Å²) in [5.74, 6) is -0.545. The summed E-state index contributed by atoms with van der Waals surface area (Å²) in [6.45, 7) is 5.74. The number of amides is 2. The summed E-state index contributed by atoms with van der Waals surface area (Å²) in [5, 5.41) is 2.72. The predicted molar refractivity (Wildman–Crippen MR) is 134 cm³/mol. The molecule has 1 unspecified atom stereocenters. The quantitative estimate of drug-likeness (QED) is 0.476. The molecule has 3 aliphatic heterocycles. The number of carbonyl (C=O) groups excluding carboxylic acids is 2. The predicted octanol–water partition coefficient (Wildman–Crippen LogP) is 0.806. The molecular weight excluding hydrogens is 525 g/mol. The molecule has 210 valence electrons. The zero-order valence-corrected chi connectivity index (χ0v) is 22.0. The van der Waals surface area contributed by atoms with Crippen molar-refractivity contribution in [3.63, 3.8) is 0 Å². The lowest BCUT2D eigenvalue weighted by Gasteiger charge is -2.44. The lowest BCUT2D eigenvalue weighted by Crippen LogP contribution is -2.64. The van der Waals surface area contributed by atoms with E-state index in [-0.39, 0.29) is 37.4 Å². The first kappa shape index (κ1) is 28.5. The van der Waals surface area contributed by atoms with Crippen LogP contribution in [0.5, 0.6) is 0 Å². The molecule has 1 aromatic carbocycles. The molecule has 0 aliphatic carbocycles. The lowest BCUT2D eigenvalue weighted by molar-refractivity contribution is -0.143. The molecule has 3 fully saturated rings. The fourth-order valence-corrected chi connectivity index (χ4v) is 6.88. The maximum Gasteiger partial charge on any atom is 0.416 e. The molecule has 3 heterocycles. The van der Waals surface area contributed by atoms with E-state index in [4.69, 9.17) is 0 Å². The third kappa shape index (κ3) is 6.03. The Morgan fingerprint density at radius 3 is 2.37 bits per heavy atom. The maximum absolute atomic E-state index is 13.5. The summed E-state index contributed by atoms with van der Waals surface area (Å²) in [6, 6.07) is 3.08. The number of nitrogens with one attached hydrogen (secondary N) is 1. The van der Waals surface area contributed by atoms with Gasteiger partial charge in [0.1, 0.15) is 12.1 Å². The molecule has 0 radical (unpaired) electrons. The van der Waals surface area contributed by atoms with Gasteiger partial charge in [0.05, 0.1) is 5.56 Å². The third-order valence-corrected chi connectivity index (χ3v) is 9.38. The standard InChI is InChI=1S/C24H33F3N6O4S/c1-28-12-18-14-32(15-18)38(36,37)31-11-10-30(2)21(16-31)23(35)33-9-3-4-20(33)22(34)29-13-17-5-7-19(8-6-17)24(25,26)27/h5-8,18,20-21H,1,3-4,9-16H2,2H3,(H,29,34)/t20-,21?/m1/s1. The normalized spacial score (nSPS) is 24.3. The summed E-state index contributed by atoms with van der Waals surface area (Å²) in [5.41, 5.74) is -0.261. The summed E-state index contributed by atoms with van der Waals surface area (Å²) < 4.78 is 67.3. The molecule has 4 rings (SSSR count). The van der Waals surface area contributed by atoms with E-state index in [1.54, 1.807) is 7.05 Å². The highest BCUT2D eigenvalue weighted by molar-refractivity contribution is 7.86. The van der Waals surface area contributed by atoms with Crippen LogP contribution in [-0.2, 0) is 32.5 Å². The SMILES string of the molecule is C=NCC1CN(S(=O)(=O)N2CCN(C)C(C(=O)N3CCC[C@@H]3C(=O)NCc3ccc(C(F)(F)F)cc3)C2)C1. The van der Waals surface area contributed by atoms with Crippen molar-refractivity contribution in [3.05, 3.63) is 35.4 Å². The summed E-state index contributed by atoms with van der Waals surface area (Å²) in [4.78, 5) is 33.6. The van der Waals surface area contributed by atoms with E-state index in [1.807, 2.05) is 4.90 Å². The van der Waals surface area contributed by atoms with E-state index < -0.39 is 34.0 Å². The van der Waals surface area contributed by atoms with Gasteiger partial charge in [0, 0.05) is 58.3 Å². The Labute approximate surface area is 220 Å². The number of rotatable bonds is 8. The fraction of sp³-hybridized carbons (Fsp3) is 0.625. The van der Waals surface area contributed by atoms with Gasteiger partial charge in [0.15, 0.2) is 0 Å². The van der Waals surface area contributed by atoms with Crippen LogP contribution in [0.25, 0.3) is 0 Å². The van der Waals surface area contributed by atoms with E-state index in [1.165, 1.54) is 25.6 Å². The van der Waals surface area contributed by atoms with Crippen LogP contribution in [0.15, 0.2) is 29.3 Å². The highest BCUT2D eigenvalue weighted by atomic mass is 32.2. The van der Waals surface area contributed by atoms with Gasteiger partial charge in [-0.25, -0.2) is 0 Å². The summed E-state index contributed by atoms with van der Waals surface area (Å²) >= 11 is 0. The van der Waals surface area contributed by atoms with Crippen molar-refractivity contribution in [2.24, 2.45) is 10.9 Å². The van der Waals surface area contributed by atoms with Gasteiger partial charge in [-0.2, -0.15) is 30.2 Å². The van der Waals surface area contributed by atoms with Gasteiger partial charge < -0.3 is 15.2 Å². The Bertz CT molecular complexity index is 1140. The third-order valence-electron chi connectivity index (χ3n) is 7.45. The molecule has 10 nitrogen and oxygen atoms in total. The Morgan fingerprint density at radius 2 is 1.74 bits per heavy atom. The van der Waals surface area contributed by atoms with Crippen LogP contribution in [0.4, 0.5) is 13.2 Å². The first-order chi connectivity index (χ1) is 17.9. The Hall–Kier alpha value is -2.55. The van der Waals surface area contributed by atoms with E-state index in [2.05, 4.69) is 17.0 Å². The molecule has 0 spiro atoms. The number of alkyl halides is 3. The van der Waals surface area contributed by atoms with Crippen molar-refractivity contribution < 1.29 is 31.2 Å². The van der Waals surface area contributed by atoms with Crippen molar-refractivity contribution in [2.75, 3.05) is 52.9 Å². The van der Waals surface area contributed by atoms with Gasteiger partial charge in [0.2, 0.25) is 11.8 Å². The minimum Gasteiger partial charge on any atom is -0.350 e. The molecule has 14 heteroatoms. The number of halogens is 3. The average molecular weight is 559 g/mol. The van der Waals surface area contributed by atoms with Crippen LogP contribution < -0.4 is 5.32 Å². The van der Waals surface area contributed by atoms with Crippen molar-refractivity contribution in [1.29, 1.82) is 0 Å². The molecule has 2 amide bonds. The van der Waals surface area contributed by atoms with Crippen LogP contribution in [0.2, 0.25) is 0 Å². The van der Waals surface area contributed by atoms with Crippen molar-refractivity contribution in [3.8, 4) is 0 Å². The molecule has 0 aromatic heterocycles. The van der Waals surface area contributed by atoms with E-state index in [9.17, 15) is 31.2 Å². The highest BCUT2D eigenvalue weighted by Crippen LogP contribution is 2.29. The van der Waals surface area contributed by atoms with Gasteiger partial charge in [-0.3, -0.25) is 14.5 Å². The number of carbonyl (C=O) groups is 2. The monoisotopic (exact) mass is 558 g/mol. The lowest BCUT2D eigenvalue weighted by atomic mass is 10.0. The zero-order valence-electron chi connectivity index (χ0n) is 21.2. The van der Waals surface area contributed by atoms with Gasteiger partial charge >= 0.3 is 6.18 Å². The van der Waals surface area contributed by atoms with Crippen molar-refractivity contribution >= 4 is 28.7 Å². The molecule has 3 saturated heterocycles. The number of likely N-dealkylation sites (N-methyl/N-ethyl adjacent to an activating group) is 1. The van der Waals surface area contributed by atoms with Crippen LogP contribution in [0.3, 0.4) is 0 Å². The Kier molecular flexibility index (Phi) is 8.45. The van der Waals surface area contributed by atoms with Gasteiger partial charge in [-0.15, -0.1) is 0 Å². The summed E-state index contributed by atoms with van der Waals surface area (Å²) in [7, 11) is -1.95. The molecule has 38 heavy (non-hydrogen) atoms. The second-order valence-electron chi connectivity index (χ2n) is 10.1. The maximum atomic E-state index is 13.5. The van der Waals surface area contributed by atoms with Gasteiger partial charge in [-0.1, -0.05) is 12.1 Å². The smallest absolute Gasteiger partial charge is 0.350 e. The first-order valence-corrected chi connectivity index (χ1v) is 13.9. The molecule has 0 bridgehead atoms. The van der Waals surface area contributed by atoms with Crippen LogP contribution in [-0.4, -0.2) is 110 Å². The van der Waals surface area contributed by atoms with Crippen molar-refractivity contribution in [1.82, 2.24) is 23.7 Å². The number of likely N-dealkylation sites (tertiary alicyclic amines) is 1. The van der Waals surface area contributed by atoms with Crippen molar-refractivity contribution in [2.45, 2.75) is 37.6 Å².